The van der Waals surface area contributed by atoms with Crippen LogP contribution in [0.1, 0.15) is 38.5 Å². The highest BCUT2D eigenvalue weighted by atomic mass is 16.5. The molecule has 1 heteroatoms. The molecule has 0 aliphatic carbocycles. The van der Waals surface area contributed by atoms with Gasteiger partial charge in [-0.2, -0.15) is 0 Å². The predicted molar refractivity (Wildman–Crippen MR) is 65.0 cm³/mol. The quantitative estimate of drug-likeness (QED) is 0.577. The molecule has 0 amide bonds. The molecule has 1 aromatic carbocycles. The van der Waals surface area contributed by atoms with E-state index in [2.05, 4.69) is 6.92 Å². The molecule has 83 valence electrons. The number of benzene rings is 1. The van der Waals surface area contributed by atoms with Gasteiger partial charge in [-0.1, -0.05) is 57.2 Å². The third kappa shape index (κ3) is 6.16. The van der Waals surface area contributed by atoms with Crippen LogP contribution in [0.25, 0.3) is 0 Å². The van der Waals surface area contributed by atoms with E-state index in [1.807, 2.05) is 30.3 Å². The van der Waals surface area contributed by atoms with Crippen LogP contribution in [-0.4, -0.2) is 6.61 Å². The maximum Gasteiger partial charge on any atom is 0.119 e. The Bertz CT molecular complexity index is 230. The molecule has 0 N–H and O–H groups in total. The molecule has 15 heavy (non-hydrogen) atoms. The largest absolute Gasteiger partial charge is 0.494 e. The molecule has 1 aromatic rings. The highest BCUT2D eigenvalue weighted by Crippen LogP contribution is 2.10. The highest BCUT2D eigenvalue weighted by molar-refractivity contribution is 5.20. The molecular formula is C14H21O. The molecule has 0 aliphatic rings. The standard InChI is InChI=1S/C14H21O/c1-2-3-4-5-6-10-13-15-14-11-8-7-9-12-14/h7-9,11-12H,1-6,10,13H2. The molecule has 1 nitrogen and oxygen atoms in total. The summed E-state index contributed by atoms with van der Waals surface area (Å²) < 4.78 is 5.60. The number of rotatable bonds is 8. The summed E-state index contributed by atoms with van der Waals surface area (Å²) in [6.07, 6.45) is 7.39. The second kappa shape index (κ2) is 8.34. The van der Waals surface area contributed by atoms with Gasteiger partial charge in [-0.05, 0) is 18.6 Å². The minimum atomic E-state index is 0.842. The fourth-order valence-electron chi connectivity index (χ4n) is 1.52. The van der Waals surface area contributed by atoms with Crippen LogP contribution in [0.3, 0.4) is 0 Å². The normalized spacial score (nSPS) is 10.2. The maximum atomic E-state index is 5.60. The van der Waals surface area contributed by atoms with Crippen molar-refractivity contribution in [1.82, 2.24) is 0 Å². The van der Waals surface area contributed by atoms with Crippen molar-refractivity contribution >= 4 is 0 Å². The van der Waals surface area contributed by atoms with Gasteiger partial charge in [-0.3, -0.25) is 0 Å². The van der Waals surface area contributed by atoms with E-state index in [-0.39, 0.29) is 0 Å². The van der Waals surface area contributed by atoms with E-state index in [0.29, 0.717) is 0 Å². The van der Waals surface area contributed by atoms with Gasteiger partial charge in [0.05, 0.1) is 6.61 Å². The molecule has 0 saturated carbocycles. The van der Waals surface area contributed by atoms with Gasteiger partial charge < -0.3 is 4.74 Å². The zero-order valence-corrected chi connectivity index (χ0v) is 9.45. The van der Waals surface area contributed by atoms with E-state index >= 15 is 0 Å². The summed E-state index contributed by atoms with van der Waals surface area (Å²) in [5.74, 6) is 0.982. The van der Waals surface area contributed by atoms with Crippen LogP contribution < -0.4 is 4.74 Å². The number of para-hydroxylation sites is 1. The van der Waals surface area contributed by atoms with Crippen molar-refractivity contribution in [2.75, 3.05) is 6.61 Å². The van der Waals surface area contributed by atoms with Crippen LogP contribution in [0.5, 0.6) is 5.75 Å². The van der Waals surface area contributed by atoms with Crippen LogP contribution in [0.2, 0.25) is 0 Å². The van der Waals surface area contributed by atoms with Crippen LogP contribution in [0, 0.1) is 6.92 Å². The Labute approximate surface area is 93.5 Å². The Hall–Kier alpha value is -0.980. The average Bonchev–Trinajstić information content (AvgIpc) is 2.29. The number of hydrogen-bond donors (Lipinski definition) is 0. The van der Waals surface area contributed by atoms with Crippen molar-refractivity contribution in [3.05, 3.63) is 37.3 Å². The van der Waals surface area contributed by atoms with Gasteiger partial charge in [0.1, 0.15) is 5.75 Å². The smallest absolute Gasteiger partial charge is 0.119 e. The first kappa shape index (κ1) is 12.1. The van der Waals surface area contributed by atoms with Crippen molar-refractivity contribution in [3.8, 4) is 5.75 Å². The van der Waals surface area contributed by atoms with Crippen molar-refractivity contribution < 1.29 is 4.74 Å². The first-order valence-corrected chi connectivity index (χ1v) is 5.90. The third-order valence-corrected chi connectivity index (χ3v) is 2.41. The van der Waals surface area contributed by atoms with E-state index in [1.54, 1.807) is 0 Å². The Morgan fingerprint density at radius 2 is 1.53 bits per heavy atom. The van der Waals surface area contributed by atoms with Gasteiger partial charge in [0.15, 0.2) is 0 Å². The third-order valence-electron chi connectivity index (χ3n) is 2.41. The fourth-order valence-corrected chi connectivity index (χ4v) is 1.52. The lowest BCUT2D eigenvalue weighted by Gasteiger charge is -2.05. The number of hydrogen-bond acceptors (Lipinski definition) is 1. The molecule has 0 bridgehead atoms. The lowest BCUT2D eigenvalue weighted by molar-refractivity contribution is 0.304. The van der Waals surface area contributed by atoms with Crippen LogP contribution in [0.15, 0.2) is 30.3 Å². The van der Waals surface area contributed by atoms with Gasteiger partial charge in [0, 0.05) is 0 Å². The van der Waals surface area contributed by atoms with Crippen molar-refractivity contribution in [3.63, 3.8) is 0 Å². The number of unbranched alkanes of at least 4 members (excludes halogenated alkanes) is 5. The van der Waals surface area contributed by atoms with Crippen LogP contribution in [-0.2, 0) is 0 Å². The Kier molecular flexibility index (Phi) is 6.72. The maximum absolute atomic E-state index is 5.60. The van der Waals surface area contributed by atoms with Crippen molar-refractivity contribution in [1.29, 1.82) is 0 Å². The lowest BCUT2D eigenvalue weighted by Crippen LogP contribution is -1.96. The average molecular weight is 205 g/mol. The first-order chi connectivity index (χ1) is 7.43. The first-order valence-electron chi connectivity index (χ1n) is 5.90. The molecule has 1 radical (unpaired) electrons. The monoisotopic (exact) mass is 205 g/mol. The minimum absolute atomic E-state index is 0.842. The SMILES string of the molecule is [CH2]CCCCCCCOc1ccccc1. The summed E-state index contributed by atoms with van der Waals surface area (Å²) in [6.45, 7) is 4.68. The topological polar surface area (TPSA) is 9.23 Å². The van der Waals surface area contributed by atoms with Gasteiger partial charge in [0.2, 0.25) is 0 Å². The molecule has 0 saturated heterocycles. The van der Waals surface area contributed by atoms with Crippen LogP contribution in [0.4, 0.5) is 0 Å². The second-order valence-corrected chi connectivity index (χ2v) is 3.78. The van der Waals surface area contributed by atoms with Crippen molar-refractivity contribution in [2.24, 2.45) is 0 Å². The van der Waals surface area contributed by atoms with E-state index in [1.165, 1.54) is 25.7 Å². The molecule has 0 aliphatic heterocycles. The summed E-state index contributed by atoms with van der Waals surface area (Å²) in [5.41, 5.74) is 0. The van der Waals surface area contributed by atoms with E-state index in [0.717, 1.165) is 25.2 Å². The fraction of sp³-hybridized carbons (Fsp3) is 0.500. The molecule has 0 spiro atoms. The van der Waals surface area contributed by atoms with Gasteiger partial charge >= 0.3 is 0 Å². The molecular weight excluding hydrogens is 184 g/mol. The molecule has 0 atom stereocenters. The Balaban J connectivity index is 1.93. The summed E-state index contributed by atoms with van der Waals surface area (Å²) in [6, 6.07) is 10.0. The summed E-state index contributed by atoms with van der Waals surface area (Å²) in [7, 11) is 0. The summed E-state index contributed by atoms with van der Waals surface area (Å²) in [5, 5.41) is 0. The van der Waals surface area contributed by atoms with E-state index < -0.39 is 0 Å². The van der Waals surface area contributed by atoms with Crippen LogP contribution >= 0.6 is 0 Å². The summed E-state index contributed by atoms with van der Waals surface area (Å²) >= 11 is 0. The zero-order valence-electron chi connectivity index (χ0n) is 9.45. The Morgan fingerprint density at radius 1 is 0.867 bits per heavy atom. The molecule has 1 rings (SSSR count). The highest BCUT2D eigenvalue weighted by Gasteiger charge is 1.92. The lowest BCUT2D eigenvalue weighted by atomic mass is 10.1. The molecule has 0 unspecified atom stereocenters. The van der Waals surface area contributed by atoms with Gasteiger partial charge in [-0.15, -0.1) is 0 Å². The van der Waals surface area contributed by atoms with E-state index in [4.69, 9.17) is 4.74 Å². The zero-order chi connectivity index (χ0) is 10.8. The second-order valence-electron chi connectivity index (χ2n) is 3.78. The summed E-state index contributed by atoms with van der Waals surface area (Å²) in [4.78, 5) is 0. The van der Waals surface area contributed by atoms with Gasteiger partial charge in [0.25, 0.3) is 0 Å². The minimum Gasteiger partial charge on any atom is -0.494 e. The molecule has 0 heterocycles. The van der Waals surface area contributed by atoms with Gasteiger partial charge in [-0.25, -0.2) is 0 Å². The predicted octanol–water partition coefficient (Wildman–Crippen LogP) is 4.24. The Morgan fingerprint density at radius 3 is 2.27 bits per heavy atom. The van der Waals surface area contributed by atoms with Crippen molar-refractivity contribution in [2.45, 2.75) is 38.5 Å². The van der Waals surface area contributed by atoms with E-state index in [9.17, 15) is 0 Å². The molecule has 0 fully saturated rings. The molecule has 0 aromatic heterocycles. The number of ether oxygens (including phenoxy) is 1.